The van der Waals surface area contributed by atoms with Gasteiger partial charge in [-0.05, 0) is 23.5 Å². The Balaban J connectivity index is 2.06. The molecule has 98 valence electrons. The van der Waals surface area contributed by atoms with E-state index in [1.54, 1.807) is 0 Å². The van der Waals surface area contributed by atoms with Crippen molar-refractivity contribution in [1.82, 2.24) is 0 Å². The molecule has 0 aliphatic heterocycles. The predicted octanol–water partition coefficient (Wildman–Crippen LogP) is 3.95. The third-order valence-corrected chi connectivity index (χ3v) is 5.20. The van der Waals surface area contributed by atoms with E-state index in [2.05, 4.69) is 24.3 Å². The fraction of sp³-hybridized carbons (Fsp3) is 0.188. The highest BCUT2D eigenvalue weighted by atomic mass is 31.1. The first-order valence-corrected chi connectivity index (χ1v) is 8.16. The topological polar surface area (TPSA) is 37.3 Å². The first-order chi connectivity index (χ1) is 9.24. The molecule has 0 saturated carbocycles. The van der Waals surface area contributed by atoms with Crippen molar-refractivity contribution in [2.45, 2.75) is 12.3 Å². The second kappa shape index (κ2) is 7.06. The number of carboxylic acid groups (broad SMARTS) is 1. The summed E-state index contributed by atoms with van der Waals surface area (Å²) in [6.07, 6.45) is 2.02. The number of hydrogen-bond acceptors (Lipinski definition) is 1. The van der Waals surface area contributed by atoms with Crippen LogP contribution >= 0.6 is 7.92 Å². The minimum absolute atomic E-state index is 0.277. The van der Waals surface area contributed by atoms with Crippen LogP contribution in [0.2, 0.25) is 0 Å². The fourth-order valence-electron chi connectivity index (χ4n) is 2.04. The molecule has 0 fully saturated rings. The van der Waals surface area contributed by atoms with Gasteiger partial charge in [0, 0.05) is 0 Å². The molecule has 0 atom stereocenters. The van der Waals surface area contributed by atoms with E-state index in [0.29, 0.717) is 0 Å². The zero-order valence-electron chi connectivity index (χ0n) is 10.7. The van der Waals surface area contributed by atoms with Gasteiger partial charge in [0.1, 0.15) is 0 Å². The highest BCUT2D eigenvalue weighted by Gasteiger charge is 2.13. The van der Waals surface area contributed by atoms with Crippen LogP contribution in [0.3, 0.4) is 0 Å². The van der Waals surface area contributed by atoms with Gasteiger partial charge in [-0.25, -0.2) is 0 Å². The number of rotatable bonds is 6. The molecule has 0 aromatic heterocycles. The molecule has 2 aromatic carbocycles. The summed E-state index contributed by atoms with van der Waals surface area (Å²) in [6.45, 7) is 0. The number of hydrogen-bond donors (Lipinski definition) is 1. The smallest absolute Gasteiger partial charge is 0.307 e. The van der Waals surface area contributed by atoms with Crippen molar-refractivity contribution in [3.63, 3.8) is 0 Å². The van der Waals surface area contributed by atoms with E-state index >= 15 is 0 Å². The molecule has 3 heteroatoms. The van der Waals surface area contributed by atoms with Crippen molar-refractivity contribution in [2.24, 2.45) is 0 Å². The van der Waals surface area contributed by atoms with Crippen molar-refractivity contribution >= 4 is 13.9 Å². The normalized spacial score (nSPS) is 10.6. The van der Waals surface area contributed by atoms with Gasteiger partial charge < -0.3 is 5.11 Å². The van der Waals surface area contributed by atoms with Crippen molar-refractivity contribution in [1.29, 1.82) is 0 Å². The molecule has 0 saturated heterocycles. The third-order valence-electron chi connectivity index (χ3n) is 2.86. The first kappa shape index (κ1) is 13.8. The Labute approximate surface area is 114 Å². The van der Waals surface area contributed by atoms with E-state index < -0.39 is 13.9 Å². The summed E-state index contributed by atoms with van der Waals surface area (Å²) in [5.74, 6) is -0.696. The third kappa shape index (κ3) is 4.84. The molecule has 19 heavy (non-hydrogen) atoms. The van der Waals surface area contributed by atoms with E-state index in [4.69, 9.17) is 5.11 Å². The summed E-state index contributed by atoms with van der Waals surface area (Å²) in [5.41, 5.74) is 2.46. The van der Waals surface area contributed by atoms with E-state index in [0.717, 1.165) is 12.3 Å². The van der Waals surface area contributed by atoms with Gasteiger partial charge in [0.2, 0.25) is 0 Å². The van der Waals surface area contributed by atoms with Gasteiger partial charge in [0.25, 0.3) is 0 Å². The second-order valence-electron chi connectivity index (χ2n) is 4.51. The number of benzene rings is 2. The van der Waals surface area contributed by atoms with Crippen LogP contribution in [0.4, 0.5) is 0 Å². The Morgan fingerprint density at radius 3 is 1.63 bits per heavy atom. The quantitative estimate of drug-likeness (QED) is 0.808. The lowest BCUT2D eigenvalue weighted by molar-refractivity contribution is -0.134. The molecule has 0 aliphatic carbocycles. The van der Waals surface area contributed by atoms with Crippen LogP contribution in [-0.4, -0.2) is 17.2 Å². The largest absolute Gasteiger partial charge is 0.481 e. The summed E-state index contributed by atoms with van der Waals surface area (Å²) >= 11 is 0. The average molecular weight is 272 g/mol. The molecule has 0 radical (unpaired) electrons. The lowest BCUT2D eigenvalue weighted by Crippen LogP contribution is -2.04. The Bertz CT molecular complexity index is 469. The number of aliphatic carboxylic acids is 1. The fourth-order valence-corrected chi connectivity index (χ4v) is 4.21. The maximum atomic E-state index is 11.0. The molecule has 0 unspecified atom stereocenters. The molecule has 2 aromatic rings. The van der Waals surface area contributed by atoms with Gasteiger partial charge in [0.15, 0.2) is 0 Å². The molecule has 2 nitrogen and oxygen atoms in total. The second-order valence-corrected chi connectivity index (χ2v) is 6.80. The average Bonchev–Trinajstić information content (AvgIpc) is 2.40. The zero-order chi connectivity index (χ0) is 13.5. The first-order valence-electron chi connectivity index (χ1n) is 6.26. The van der Waals surface area contributed by atoms with Crippen LogP contribution in [0.25, 0.3) is 0 Å². The van der Waals surface area contributed by atoms with Crippen molar-refractivity contribution in [3.8, 4) is 0 Å². The van der Waals surface area contributed by atoms with Crippen molar-refractivity contribution < 1.29 is 9.90 Å². The Hall–Kier alpha value is -1.66. The van der Waals surface area contributed by atoms with Gasteiger partial charge in [-0.3, -0.25) is 4.79 Å². The van der Waals surface area contributed by atoms with Gasteiger partial charge >= 0.3 is 5.97 Å². The summed E-state index contributed by atoms with van der Waals surface area (Å²) < 4.78 is 0. The van der Waals surface area contributed by atoms with Crippen molar-refractivity contribution in [3.05, 3.63) is 71.8 Å². The van der Waals surface area contributed by atoms with Crippen LogP contribution in [0.15, 0.2) is 60.7 Å². The van der Waals surface area contributed by atoms with E-state index in [-0.39, 0.29) is 6.16 Å². The lowest BCUT2D eigenvalue weighted by atomic mass is 10.2. The summed E-state index contributed by atoms with van der Waals surface area (Å²) in [7, 11) is -0.552. The van der Waals surface area contributed by atoms with E-state index in [1.165, 1.54) is 11.1 Å². The van der Waals surface area contributed by atoms with Crippen LogP contribution < -0.4 is 0 Å². The van der Waals surface area contributed by atoms with Crippen LogP contribution in [0.5, 0.6) is 0 Å². The lowest BCUT2D eigenvalue weighted by Gasteiger charge is -2.16. The predicted molar refractivity (Wildman–Crippen MR) is 79.7 cm³/mol. The summed E-state index contributed by atoms with van der Waals surface area (Å²) in [4.78, 5) is 11.0. The van der Waals surface area contributed by atoms with Crippen LogP contribution in [0.1, 0.15) is 11.1 Å². The molecule has 2 rings (SSSR count). The summed E-state index contributed by atoms with van der Waals surface area (Å²) in [5, 5.41) is 9.06. The minimum atomic E-state index is -0.696. The standard InChI is InChI=1S/C16H17O2P/c17-16(18)13-19(11-14-7-3-1-4-8-14)12-15-9-5-2-6-10-15/h1-10H,11-13H2,(H,17,18). The molecule has 1 N–H and O–H groups in total. The van der Waals surface area contributed by atoms with Gasteiger partial charge in [-0.1, -0.05) is 68.6 Å². The number of carbonyl (C=O) groups is 1. The zero-order valence-corrected chi connectivity index (χ0v) is 11.6. The van der Waals surface area contributed by atoms with E-state index in [1.807, 2.05) is 36.4 Å². The monoisotopic (exact) mass is 272 g/mol. The van der Waals surface area contributed by atoms with Crippen LogP contribution in [-0.2, 0) is 17.1 Å². The molecule has 0 amide bonds. The molecule has 0 heterocycles. The number of carboxylic acids is 1. The Morgan fingerprint density at radius 1 is 0.842 bits per heavy atom. The van der Waals surface area contributed by atoms with Gasteiger partial charge in [0.05, 0.1) is 6.16 Å². The van der Waals surface area contributed by atoms with Gasteiger partial charge in [-0.15, -0.1) is 0 Å². The Morgan fingerprint density at radius 2 is 1.26 bits per heavy atom. The minimum Gasteiger partial charge on any atom is -0.481 e. The Kier molecular flexibility index (Phi) is 5.11. The molecule has 0 spiro atoms. The maximum absolute atomic E-state index is 11.0. The maximum Gasteiger partial charge on any atom is 0.307 e. The van der Waals surface area contributed by atoms with Crippen LogP contribution in [0, 0.1) is 0 Å². The summed E-state index contributed by atoms with van der Waals surface area (Å²) in [6, 6.07) is 20.3. The van der Waals surface area contributed by atoms with E-state index in [9.17, 15) is 4.79 Å². The molecule has 0 bridgehead atoms. The molecular weight excluding hydrogens is 255 g/mol. The molecule has 0 aliphatic rings. The van der Waals surface area contributed by atoms with Crippen molar-refractivity contribution in [2.75, 3.05) is 6.16 Å². The van der Waals surface area contributed by atoms with Gasteiger partial charge in [-0.2, -0.15) is 0 Å². The SMILES string of the molecule is O=C(O)CP(Cc1ccccc1)Cc1ccccc1. The highest BCUT2D eigenvalue weighted by Crippen LogP contribution is 2.42. The molecular formula is C16H17O2P. The highest BCUT2D eigenvalue weighted by molar-refractivity contribution is 7.57.